The summed E-state index contributed by atoms with van der Waals surface area (Å²) in [5.74, 6) is 2.27. The number of rotatable bonds is 4. The van der Waals surface area contributed by atoms with Gasteiger partial charge in [-0.25, -0.2) is 4.98 Å². The number of hydrogen-bond acceptors (Lipinski definition) is 5. The van der Waals surface area contributed by atoms with Crippen molar-refractivity contribution >= 4 is 66.7 Å². The maximum atomic E-state index is 13.0. The molecule has 5 aromatic heterocycles. The monoisotopic (exact) mass is 995 g/mol. The number of carbonyl (C=O) groups is 4. The number of aryl methyl sites for hydroxylation is 5. The summed E-state index contributed by atoms with van der Waals surface area (Å²) >= 11 is 0. The normalized spacial score (nSPS) is 17.0. The summed E-state index contributed by atoms with van der Waals surface area (Å²) in [4.78, 5) is 55.4. The van der Waals surface area contributed by atoms with Crippen LogP contribution in [0.2, 0.25) is 0 Å². The molecule has 0 fully saturated rings. The van der Waals surface area contributed by atoms with Crippen LogP contribution in [0.1, 0.15) is 102 Å². The molecule has 2 unspecified atom stereocenters. The highest BCUT2D eigenvalue weighted by molar-refractivity contribution is 6.18. The molecule has 376 valence electrons. The number of para-hydroxylation sites is 4. The Hall–Kier alpha value is -7.08. The van der Waals surface area contributed by atoms with E-state index < -0.39 is 0 Å². The molecule has 0 spiro atoms. The van der Waals surface area contributed by atoms with Gasteiger partial charge in [-0.05, 0) is 88.1 Å². The molecular weight excluding hydrogens is 930 g/mol. The quantitative estimate of drug-likeness (QED) is 0.196. The van der Waals surface area contributed by atoms with E-state index in [-0.39, 0.29) is 35.8 Å². The Kier molecular flexibility index (Phi) is 14.5. The van der Waals surface area contributed by atoms with Crippen LogP contribution in [0, 0.1) is 18.8 Å². The van der Waals surface area contributed by atoms with E-state index in [1.54, 1.807) is 6.20 Å². The Balaban J connectivity index is 0.000000121. The largest absolute Gasteiger partial charge is 1.00 e. The molecule has 4 aromatic carbocycles. The van der Waals surface area contributed by atoms with E-state index in [1.807, 2.05) is 74.8 Å². The molecule has 4 aliphatic carbocycles. The molecule has 2 atom stereocenters. The second kappa shape index (κ2) is 20.8. The molecule has 0 radical (unpaired) electrons. The van der Waals surface area contributed by atoms with Crippen molar-refractivity contribution in [2.24, 2.45) is 40.0 Å². The Morgan fingerprint density at radius 2 is 0.973 bits per heavy atom. The Morgan fingerprint density at radius 3 is 1.45 bits per heavy atom. The van der Waals surface area contributed by atoms with Crippen LogP contribution in [0.15, 0.2) is 122 Å². The van der Waals surface area contributed by atoms with E-state index in [9.17, 15) is 19.2 Å². The van der Waals surface area contributed by atoms with Crippen LogP contribution in [0.4, 0.5) is 0 Å². The molecule has 0 saturated heterocycles. The number of fused-ring (bicyclic) bond motifs is 12. The number of benzene rings is 4. The molecular formula is C61H66ClN7O4. The Bertz CT molecular complexity index is 3630. The molecule has 12 heteroatoms. The minimum atomic E-state index is 0. The van der Waals surface area contributed by atoms with Crippen molar-refractivity contribution in [2.45, 2.75) is 71.3 Å². The highest BCUT2D eigenvalue weighted by Gasteiger charge is 2.34. The first-order chi connectivity index (χ1) is 34.7. The third kappa shape index (κ3) is 9.11. The summed E-state index contributed by atoms with van der Waals surface area (Å²) in [6.07, 6.45) is 12.1. The van der Waals surface area contributed by atoms with Crippen molar-refractivity contribution in [3.63, 3.8) is 0 Å². The summed E-state index contributed by atoms with van der Waals surface area (Å²) in [6, 6.07) is 32.7. The lowest BCUT2D eigenvalue weighted by atomic mass is 9.85. The van der Waals surface area contributed by atoms with E-state index in [0.717, 1.165) is 136 Å². The van der Waals surface area contributed by atoms with Crippen molar-refractivity contribution in [2.75, 3.05) is 20.6 Å². The molecule has 0 bridgehead atoms. The molecule has 9 aromatic rings. The van der Waals surface area contributed by atoms with Gasteiger partial charge in [-0.2, -0.15) is 0 Å². The van der Waals surface area contributed by atoms with Crippen LogP contribution in [0.25, 0.3) is 43.6 Å². The second-order valence-electron chi connectivity index (χ2n) is 20.5. The van der Waals surface area contributed by atoms with Crippen molar-refractivity contribution in [1.29, 1.82) is 0 Å². The number of hydrogen-bond donors (Lipinski definition) is 1. The van der Waals surface area contributed by atoms with Gasteiger partial charge in [-0.15, -0.1) is 0 Å². The first kappa shape index (κ1) is 50.8. The van der Waals surface area contributed by atoms with Gasteiger partial charge in [0.05, 0.1) is 32.1 Å². The topological polar surface area (TPSA) is 110 Å². The maximum absolute atomic E-state index is 13.0. The predicted molar refractivity (Wildman–Crippen MR) is 288 cm³/mol. The number of quaternary nitrogens is 1. The summed E-state index contributed by atoms with van der Waals surface area (Å²) in [7, 11) is 12.5. The highest BCUT2D eigenvalue weighted by atomic mass is 35.5. The van der Waals surface area contributed by atoms with Crippen molar-refractivity contribution in [3.8, 4) is 0 Å². The van der Waals surface area contributed by atoms with Crippen LogP contribution in [-0.2, 0) is 60.4 Å². The molecule has 0 saturated carbocycles. The third-order valence-electron chi connectivity index (χ3n) is 15.9. The first-order valence-corrected chi connectivity index (χ1v) is 25.6. The lowest BCUT2D eigenvalue weighted by Crippen LogP contribution is -3.06. The molecule has 73 heavy (non-hydrogen) atoms. The zero-order valence-corrected chi connectivity index (χ0v) is 44.0. The smallest absolute Gasteiger partial charge is 0.190 e. The number of halogens is 1. The van der Waals surface area contributed by atoms with Gasteiger partial charge >= 0.3 is 0 Å². The molecule has 0 amide bonds. The summed E-state index contributed by atoms with van der Waals surface area (Å²) in [6.45, 7) is 7.50. The van der Waals surface area contributed by atoms with Crippen LogP contribution in [-0.4, -0.2) is 71.6 Å². The number of nitrogens with zero attached hydrogens (tertiary/aromatic N) is 6. The predicted octanol–water partition coefficient (Wildman–Crippen LogP) is 6.76. The van der Waals surface area contributed by atoms with Crippen LogP contribution < -0.4 is 17.3 Å². The van der Waals surface area contributed by atoms with Gasteiger partial charge in [0, 0.05) is 143 Å². The fourth-order valence-corrected chi connectivity index (χ4v) is 12.2. The fraction of sp³-hybridized carbons (Fsp3) is 0.328. The number of imidazole rings is 1. The average Bonchev–Trinajstić information content (AvgIpc) is 4.17. The van der Waals surface area contributed by atoms with Gasteiger partial charge in [0.1, 0.15) is 5.82 Å². The van der Waals surface area contributed by atoms with Gasteiger partial charge in [0.25, 0.3) is 0 Å². The fourth-order valence-electron chi connectivity index (χ4n) is 12.2. The summed E-state index contributed by atoms with van der Waals surface area (Å²) in [5.41, 5.74) is 13.9. The lowest BCUT2D eigenvalue weighted by Gasteiger charge is -2.23. The van der Waals surface area contributed by atoms with E-state index in [4.69, 9.17) is 0 Å². The van der Waals surface area contributed by atoms with Gasteiger partial charge in [0.2, 0.25) is 0 Å². The minimum absolute atomic E-state index is 0. The summed E-state index contributed by atoms with van der Waals surface area (Å²) in [5, 5.41) is 4.41. The Labute approximate surface area is 433 Å². The second-order valence-corrected chi connectivity index (χ2v) is 20.5. The first-order valence-electron chi connectivity index (χ1n) is 25.6. The zero-order valence-electron chi connectivity index (χ0n) is 43.2. The number of ketones is 4. The van der Waals surface area contributed by atoms with Crippen LogP contribution in [0.3, 0.4) is 0 Å². The zero-order chi connectivity index (χ0) is 50.5. The molecule has 4 aliphatic rings. The molecule has 1 N–H and O–H groups in total. The van der Waals surface area contributed by atoms with Gasteiger partial charge in [0.15, 0.2) is 23.1 Å². The maximum Gasteiger partial charge on any atom is 0.190 e. The average molecular weight is 997 g/mol. The van der Waals surface area contributed by atoms with E-state index in [1.165, 1.54) is 33.0 Å². The molecule has 0 aliphatic heterocycles. The molecule has 11 nitrogen and oxygen atoms in total. The number of nitrogens with one attached hydrogen (secondary N) is 1. The number of aromatic nitrogens is 6. The molecule has 5 heterocycles. The Morgan fingerprint density at radius 1 is 0.548 bits per heavy atom. The van der Waals surface area contributed by atoms with E-state index in [0.29, 0.717) is 18.0 Å². The van der Waals surface area contributed by atoms with Crippen LogP contribution in [0.5, 0.6) is 0 Å². The van der Waals surface area contributed by atoms with Crippen LogP contribution >= 0.6 is 0 Å². The SMILES string of the molecule is C=C1CCc2c(c3ccccc3n2C)C1=O.Cc1nccn1CC1CCc2c(c3ccccc3n2C)C1=O.Cn1c2c(c3ccccc31)C(=O)C(C[NH+](C)C)CC2.Cn1c2c(c3ccccc31)C(=O)CCC2.[Cl-]. The highest BCUT2D eigenvalue weighted by Crippen LogP contribution is 2.37. The lowest BCUT2D eigenvalue weighted by molar-refractivity contribution is -0.860. The third-order valence-corrected chi connectivity index (χ3v) is 15.9. The van der Waals surface area contributed by atoms with Gasteiger partial charge in [-0.1, -0.05) is 79.4 Å². The number of allylic oxidation sites excluding steroid dienone is 1. The van der Waals surface area contributed by atoms with Gasteiger partial charge < -0.3 is 40.1 Å². The standard InChI is InChI=1S/C18H19N3O.C16H20N2O.C14H13NO.C13H13NO.ClH/c1-12-19-9-10-21(12)11-13-7-8-16-17(18(13)22)14-5-3-4-6-15(14)20(16)2;1-17(2)10-11-8-9-14-15(16(11)19)12-6-4-5-7-13(12)18(14)3;1-9-7-8-12-13(14(9)16)10-5-3-4-6-11(10)15(12)2;1-14-10-6-3-2-5-9(10)13-11(14)7-4-8-12(13)15;/h3-6,9-10,13H,7-8,11H2,1-2H3;4-7,11H,8-10H2,1-3H3;3-6H,1,7-8H2,2H3;2-3,5-6H,4,7-8H2,1H3;1H. The van der Waals surface area contributed by atoms with E-state index >= 15 is 0 Å². The minimum Gasteiger partial charge on any atom is -1.00 e. The summed E-state index contributed by atoms with van der Waals surface area (Å²) < 4.78 is 10.8. The van der Waals surface area contributed by atoms with Gasteiger partial charge in [-0.3, -0.25) is 19.2 Å². The number of Topliss-reactive ketones (excluding diaryl/α,β-unsaturated/α-hetero) is 4. The molecule has 13 rings (SSSR count). The van der Waals surface area contributed by atoms with Crippen molar-refractivity contribution in [3.05, 3.63) is 172 Å². The number of carbonyl (C=O) groups excluding carboxylic acids is 4. The van der Waals surface area contributed by atoms with Crippen molar-refractivity contribution < 1.29 is 36.5 Å². The van der Waals surface area contributed by atoms with E-state index in [2.05, 4.69) is 112 Å². The van der Waals surface area contributed by atoms with Crippen molar-refractivity contribution in [1.82, 2.24) is 27.8 Å².